The number of ether oxygens (including phenoxy) is 1. The largest absolute Gasteiger partial charge is 0.484 e. The molecule has 0 saturated carbocycles. The maximum Gasteiger partial charge on any atom is 0.261 e. The van der Waals surface area contributed by atoms with Gasteiger partial charge >= 0.3 is 0 Å². The molecule has 0 radical (unpaired) electrons. The van der Waals surface area contributed by atoms with E-state index in [4.69, 9.17) is 14.4 Å². The smallest absolute Gasteiger partial charge is 0.261 e. The lowest BCUT2D eigenvalue weighted by Gasteiger charge is -2.09. The molecule has 0 fully saturated rings. The van der Waals surface area contributed by atoms with Gasteiger partial charge in [0.2, 0.25) is 5.89 Å². The number of aromatic nitrogens is 2. The van der Waals surface area contributed by atoms with E-state index in [1.165, 1.54) is 48.5 Å². The Kier molecular flexibility index (Phi) is 5.83. The Bertz CT molecular complexity index is 1380. The number of nitrogens with zero attached hydrogens (tertiary/aromatic N) is 3. The van der Waals surface area contributed by atoms with Crippen LogP contribution in [0, 0.1) is 17.1 Å². The van der Waals surface area contributed by atoms with Gasteiger partial charge in [-0.15, -0.1) is 10.2 Å². The van der Waals surface area contributed by atoms with E-state index in [9.17, 15) is 12.8 Å². The maximum atomic E-state index is 13.0. The van der Waals surface area contributed by atoms with Crippen LogP contribution in [-0.2, 0) is 16.6 Å². The minimum absolute atomic E-state index is 0.000219. The van der Waals surface area contributed by atoms with Gasteiger partial charge < -0.3 is 9.15 Å². The van der Waals surface area contributed by atoms with E-state index in [0.29, 0.717) is 17.0 Å². The highest BCUT2D eigenvalue weighted by molar-refractivity contribution is 7.92. The first-order valence-electron chi connectivity index (χ1n) is 9.27. The monoisotopic (exact) mass is 450 g/mol. The van der Waals surface area contributed by atoms with Gasteiger partial charge in [-0.3, -0.25) is 4.72 Å². The Hall–Kier alpha value is -4.23. The van der Waals surface area contributed by atoms with Crippen LogP contribution in [0.3, 0.4) is 0 Å². The van der Waals surface area contributed by atoms with Crippen molar-refractivity contribution in [2.75, 3.05) is 4.72 Å². The molecule has 1 aromatic heterocycles. The summed E-state index contributed by atoms with van der Waals surface area (Å²) in [5, 5.41) is 16.7. The molecule has 0 aliphatic carbocycles. The van der Waals surface area contributed by atoms with Gasteiger partial charge in [-0.1, -0.05) is 6.07 Å². The molecule has 160 valence electrons. The molecule has 3 aromatic carbocycles. The van der Waals surface area contributed by atoms with E-state index in [1.807, 2.05) is 6.07 Å². The molecule has 32 heavy (non-hydrogen) atoms. The Morgan fingerprint density at radius 1 is 1.03 bits per heavy atom. The van der Waals surface area contributed by atoms with Gasteiger partial charge in [-0.05, 0) is 66.7 Å². The zero-order valence-electron chi connectivity index (χ0n) is 16.4. The van der Waals surface area contributed by atoms with E-state index in [-0.39, 0.29) is 34.7 Å². The highest BCUT2D eigenvalue weighted by atomic mass is 32.2. The predicted molar refractivity (Wildman–Crippen MR) is 112 cm³/mol. The molecule has 0 saturated heterocycles. The Labute approximate surface area is 183 Å². The van der Waals surface area contributed by atoms with Gasteiger partial charge in [0.05, 0.1) is 16.5 Å². The average molecular weight is 450 g/mol. The summed E-state index contributed by atoms with van der Waals surface area (Å²) >= 11 is 0. The van der Waals surface area contributed by atoms with E-state index >= 15 is 0 Å². The van der Waals surface area contributed by atoms with Crippen LogP contribution in [-0.4, -0.2) is 18.6 Å². The van der Waals surface area contributed by atoms with Crippen molar-refractivity contribution in [3.05, 3.63) is 90.1 Å². The fourth-order valence-corrected chi connectivity index (χ4v) is 3.84. The third kappa shape index (κ3) is 4.91. The summed E-state index contributed by atoms with van der Waals surface area (Å²) in [4.78, 5) is -0.00905. The number of rotatable bonds is 7. The molecule has 10 heteroatoms. The van der Waals surface area contributed by atoms with E-state index in [0.717, 1.165) is 0 Å². The molecule has 0 aliphatic heterocycles. The van der Waals surface area contributed by atoms with Crippen molar-refractivity contribution in [3.8, 4) is 23.3 Å². The van der Waals surface area contributed by atoms with Crippen LogP contribution in [0.15, 0.2) is 82.1 Å². The van der Waals surface area contributed by atoms with Crippen LogP contribution in [0.4, 0.5) is 10.1 Å². The fraction of sp³-hybridized carbons (Fsp3) is 0.0455. The fourth-order valence-electron chi connectivity index (χ4n) is 2.73. The Morgan fingerprint density at radius 2 is 1.78 bits per heavy atom. The molecule has 1 N–H and O–H groups in total. The van der Waals surface area contributed by atoms with Crippen molar-refractivity contribution in [1.82, 2.24) is 10.2 Å². The highest BCUT2D eigenvalue weighted by Crippen LogP contribution is 2.22. The van der Waals surface area contributed by atoms with Crippen molar-refractivity contribution in [2.24, 2.45) is 0 Å². The van der Waals surface area contributed by atoms with Crippen LogP contribution in [0.2, 0.25) is 0 Å². The van der Waals surface area contributed by atoms with E-state index in [2.05, 4.69) is 14.9 Å². The average Bonchev–Trinajstić information content (AvgIpc) is 3.28. The zero-order chi connectivity index (χ0) is 22.6. The molecule has 0 unspecified atom stereocenters. The third-order valence-electron chi connectivity index (χ3n) is 4.30. The molecule has 4 aromatic rings. The molecule has 0 bridgehead atoms. The van der Waals surface area contributed by atoms with Crippen LogP contribution >= 0.6 is 0 Å². The van der Waals surface area contributed by atoms with Gasteiger partial charge in [-0.25, -0.2) is 12.8 Å². The summed E-state index contributed by atoms with van der Waals surface area (Å²) in [6.45, 7) is 0.000219. The number of hydrogen-bond acceptors (Lipinski definition) is 7. The summed E-state index contributed by atoms with van der Waals surface area (Å²) < 4.78 is 51.6. The van der Waals surface area contributed by atoms with Crippen molar-refractivity contribution < 1.29 is 22.0 Å². The van der Waals surface area contributed by atoms with Crippen LogP contribution in [0.5, 0.6) is 5.75 Å². The van der Waals surface area contributed by atoms with Gasteiger partial charge in [0, 0.05) is 11.3 Å². The summed E-state index contributed by atoms with van der Waals surface area (Å²) in [6, 6.07) is 19.5. The van der Waals surface area contributed by atoms with E-state index in [1.54, 1.807) is 24.3 Å². The SMILES string of the molecule is N#Cc1cccc(S(=O)(=O)Nc2ccc(OCc3nnc(-c4ccc(F)cc4)o3)cc2)c1. The summed E-state index contributed by atoms with van der Waals surface area (Å²) in [7, 11) is -3.84. The second-order valence-corrected chi connectivity index (χ2v) is 8.25. The first-order chi connectivity index (χ1) is 15.4. The number of nitrogens with one attached hydrogen (secondary N) is 1. The molecule has 1 heterocycles. The van der Waals surface area contributed by atoms with Crippen molar-refractivity contribution in [1.29, 1.82) is 5.26 Å². The number of anilines is 1. The number of benzene rings is 3. The summed E-state index contributed by atoms with van der Waals surface area (Å²) in [5.41, 5.74) is 1.17. The van der Waals surface area contributed by atoms with Crippen LogP contribution in [0.1, 0.15) is 11.5 Å². The molecule has 8 nitrogen and oxygen atoms in total. The summed E-state index contributed by atoms with van der Waals surface area (Å²) in [5.74, 6) is 0.569. The molecule has 0 spiro atoms. The number of sulfonamides is 1. The first kappa shape index (κ1) is 21.0. The Morgan fingerprint density at radius 3 is 2.50 bits per heavy atom. The number of halogens is 1. The van der Waals surface area contributed by atoms with Crippen LogP contribution in [0.25, 0.3) is 11.5 Å². The highest BCUT2D eigenvalue weighted by Gasteiger charge is 2.15. The Balaban J connectivity index is 1.38. The second kappa shape index (κ2) is 8.87. The van der Waals surface area contributed by atoms with Gasteiger partial charge in [-0.2, -0.15) is 5.26 Å². The van der Waals surface area contributed by atoms with Gasteiger partial charge in [0.1, 0.15) is 11.6 Å². The van der Waals surface area contributed by atoms with Gasteiger partial charge in [0.25, 0.3) is 15.9 Å². The second-order valence-electron chi connectivity index (χ2n) is 6.57. The molecular formula is C22H15FN4O4S. The zero-order valence-corrected chi connectivity index (χ0v) is 17.2. The van der Waals surface area contributed by atoms with Gasteiger partial charge in [0.15, 0.2) is 6.61 Å². The number of nitriles is 1. The normalized spacial score (nSPS) is 11.0. The molecule has 4 rings (SSSR count). The molecular weight excluding hydrogens is 435 g/mol. The molecule has 0 amide bonds. The third-order valence-corrected chi connectivity index (χ3v) is 5.68. The lowest BCUT2D eigenvalue weighted by molar-refractivity contribution is 0.264. The lowest BCUT2D eigenvalue weighted by Crippen LogP contribution is -2.13. The van der Waals surface area contributed by atoms with E-state index < -0.39 is 10.0 Å². The molecule has 0 atom stereocenters. The maximum absolute atomic E-state index is 13.0. The van der Waals surface area contributed by atoms with Crippen molar-refractivity contribution in [2.45, 2.75) is 11.5 Å². The van der Waals surface area contributed by atoms with Crippen LogP contribution < -0.4 is 9.46 Å². The lowest BCUT2D eigenvalue weighted by atomic mass is 10.2. The first-order valence-corrected chi connectivity index (χ1v) is 10.8. The quantitative estimate of drug-likeness (QED) is 0.450. The van der Waals surface area contributed by atoms with Crippen molar-refractivity contribution in [3.63, 3.8) is 0 Å². The predicted octanol–water partition coefficient (Wildman–Crippen LogP) is 4.13. The molecule has 0 aliphatic rings. The number of hydrogen-bond donors (Lipinski definition) is 1. The topological polar surface area (TPSA) is 118 Å². The van der Waals surface area contributed by atoms with Crippen molar-refractivity contribution >= 4 is 15.7 Å². The minimum Gasteiger partial charge on any atom is -0.484 e. The minimum atomic E-state index is -3.84. The standard InChI is InChI=1S/C22H15FN4O4S/c23-17-6-4-16(5-7-17)22-26-25-21(31-22)14-30-19-10-8-18(9-11-19)27-32(28,29)20-3-1-2-15(12-20)13-24/h1-12,27H,14H2. The summed E-state index contributed by atoms with van der Waals surface area (Å²) in [6.07, 6.45) is 0.